The predicted octanol–water partition coefficient (Wildman–Crippen LogP) is 1.45. The Morgan fingerprint density at radius 2 is 1.92 bits per heavy atom. The van der Waals surface area contributed by atoms with Gasteiger partial charge in [0.15, 0.2) is 0 Å². The van der Waals surface area contributed by atoms with E-state index in [2.05, 4.69) is 5.32 Å². The van der Waals surface area contributed by atoms with E-state index in [1.165, 1.54) is 11.0 Å². The van der Waals surface area contributed by atoms with Crippen molar-refractivity contribution in [3.63, 3.8) is 0 Å². The standard InChI is InChI=1S/C19H22FN3O3/c20-14-4-1-2-5-15(14)23-11-12(10-17(23)24)19(26)22-9-3-6-16(22)18(25)21-13-7-8-13/h1-2,4-5,12-13,16H,3,6-11H2,(H,21,25)/t12-,16-/m1/s1. The Kier molecular flexibility index (Phi) is 4.38. The molecule has 0 bridgehead atoms. The Morgan fingerprint density at radius 1 is 1.15 bits per heavy atom. The van der Waals surface area contributed by atoms with Crippen LogP contribution in [0.1, 0.15) is 32.1 Å². The van der Waals surface area contributed by atoms with Crippen molar-refractivity contribution in [1.82, 2.24) is 10.2 Å². The van der Waals surface area contributed by atoms with Gasteiger partial charge in [0.1, 0.15) is 11.9 Å². The number of para-hydroxylation sites is 1. The molecular formula is C19H22FN3O3. The summed E-state index contributed by atoms with van der Waals surface area (Å²) >= 11 is 0. The Morgan fingerprint density at radius 3 is 2.65 bits per heavy atom. The molecule has 0 aromatic heterocycles. The van der Waals surface area contributed by atoms with Gasteiger partial charge in [-0.25, -0.2) is 4.39 Å². The van der Waals surface area contributed by atoms with Gasteiger partial charge in [0.25, 0.3) is 0 Å². The van der Waals surface area contributed by atoms with Gasteiger partial charge in [-0.15, -0.1) is 0 Å². The molecule has 3 amide bonds. The minimum Gasteiger partial charge on any atom is -0.352 e. The van der Waals surface area contributed by atoms with Gasteiger partial charge in [-0.1, -0.05) is 12.1 Å². The maximum absolute atomic E-state index is 14.0. The summed E-state index contributed by atoms with van der Waals surface area (Å²) in [6.07, 6.45) is 3.50. The maximum Gasteiger partial charge on any atom is 0.243 e. The van der Waals surface area contributed by atoms with E-state index in [4.69, 9.17) is 0 Å². The first-order valence-corrected chi connectivity index (χ1v) is 9.20. The molecule has 1 aliphatic carbocycles. The zero-order valence-corrected chi connectivity index (χ0v) is 14.5. The molecule has 26 heavy (non-hydrogen) atoms. The zero-order valence-electron chi connectivity index (χ0n) is 14.5. The van der Waals surface area contributed by atoms with Crippen LogP contribution in [-0.4, -0.2) is 47.8 Å². The molecular weight excluding hydrogens is 337 g/mol. The second kappa shape index (κ2) is 6.70. The first-order chi connectivity index (χ1) is 12.5. The molecule has 2 heterocycles. The summed E-state index contributed by atoms with van der Waals surface area (Å²) < 4.78 is 14.0. The van der Waals surface area contributed by atoms with Crippen LogP contribution in [0.25, 0.3) is 0 Å². The molecule has 6 nitrogen and oxygen atoms in total. The number of anilines is 1. The van der Waals surface area contributed by atoms with E-state index in [0.29, 0.717) is 13.0 Å². The fourth-order valence-electron chi connectivity index (χ4n) is 3.84. The number of nitrogens with zero attached hydrogens (tertiary/aromatic N) is 2. The fraction of sp³-hybridized carbons (Fsp3) is 0.526. The van der Waals surface area contributed by atoms with Crippen LogP contribution in [0.5, 0.6) is 0 Å². The number of likely N-dealkylation sites (tertiary alicyclic amines) is 1. The van der Waals surface area contributed by atoms with Gasteiger partial charge >= 0.3 is 0 Å². The van der Waals surface area contributed by atoms with Crippen LogP contribution >= 0.6 is 0 Å². The number of hydrogen-bond donors (Lipinski definition) is 1. The lowest BCUT2D eigenvalue weighted by molar-refractivity contribution is -0.141. The van der Waals surface area contributed by atoms with E-state index in [-0.39, 0.29) is 42.4 Å². The number of rotatable bonds is 4. The minimum atomic E-state index is -0.531. The molecule has 3 fully saturated rings. The van der Waals surface area contributed by atoms with E-state index in [9.17, 15) is 18.8 Å². The summed E-state index contributed by atoms with van der Waals surface area (Å²) in [5, 5.41) is 2.96. The summed E-state index contributed by atoms with van der Waals surface area (Å²) in [6, 6.07) is 5.89. The largest absolute Gasteiger partial charge is 0.352 e. The molecule has 0 spiro atoms. The lowest BCUT2D eigenvalue weighted by Crippen LogP contribution is -2.48. The highest BCUT2D eigenvalue weighted by Crippen LogP contribution is 2.30. The van der Waals surface area contributed by atoms with Crippen LogP contribution in [0.15, 0.2) is 24.3 Å². The van der Waals surface area contributed by atoms with Crippen LogP contribution in [-0.2, 0) is 14.4 Å². The summed E-state index contributed by atoms with van der Waals surface area (Å²) in [5.74, 6) is -1.53. The normalized spacial score (nSPS) is 25.7. The van der Waals surface area contributed by atoms with Crippen LogP contribution in [0.3, 0.4) is 0 Å². The van der Waals surface area contributed by atoms with Crippen molar-refractivity contribution in [2.75, 3.05) is 18.0 Å². The molecule has 7 heteroatoms. The van der Waals surface area contributed by atoms with Crippen molar-refractivity contribution >= 4 is 23.4 Å². The number of amides is 3. The van der Waals surface area contributed by atoms with Gasteiger partial charge in [-0.2, -0.15) is 0 Å². The third kappa shape index (κ3) is 3.18. The Labute approximate surface area is 151 Å². The smallest absolute Gasteiger partial charge is 0.243 e. The van der Waals surface area contributed by atoms with E-state index in [1.54, 1.807) is 23.1 Å². The molecule has 1 aromatic carbocycles. The highest BCUT2D eigenvalue weighted by Gasteiger charge is 2.43. The van der Waals surface area contributed by atoms with E-state index in [0.717, 1.165) is 19.3 Å². The van der Waals surface area contributed by atoms with Crippen molar-refractivity contribution in [1.29, 1.82) is 0 Å². The monoisotopic (exact) mass is 359 g/mol. The van der Waals surface area contributed by atoms with Gasteiger partial charge < -0.3 is 15.1 Å². The van der Waals surface area contributed by atoms with Crippen LogP contribution in [0.2, 0.25) is 0 Å². The molecule has 4 rings (SSSR count). The molecule has 1 saturated carbocycles. The first kappa shape index (κ1) is 17.0. The van der Waals surface area contributed by atoms with E-state index in [1.807, 2.05) is 0 Å². The molecule has 0 unspecified atom stereocenters. The van der Waals surface area contributed by atoms with Crippen molar-refractivity contribution in [2.45, 2.75) is 44.2 Å². The predicted molar refractivity (Wildman–Crippen MR) is 92.8 cm³/mol. The van der Waals surface area contributed by atoms with Crippen molar-refractivity contribution in [3.8, 4) is 0 Å². The summed E-state index contributed by atoms with van der Waals surface area (Å²) in [7, 11) is 0. The average Bonchev–Trinajstić information content (AvgIpc) is 3.16. The highest BCUT2D eigenvalue weighted by molar-refractivity contribution is 6.01. The molecule has 3 aliphatic rings. The fourth-order valence-corrected chi connectivity index (χ4v) is 3.84. The molecule has 0 radical (unpaired) electrons. The molecule has 1 aromatic rings. The maximum atomic E-state index is 14.0. The molecule has 138 valence electrons. The Hall–Kier alpha value is -2.44. The molecule has 2 atom stereocenters. The molecule has 1 N–H and O–H groups in total. The van der Waals surface area contributed by atoms with Gasteiger partial charge in [0, 0.05) is 25.6 Å². The first-order valence-electron chi connectivity index (χ1n) is 9.20. The third-order valence-electron chi connectivity index (χ3n) is 5.38. The summed E-state index contributed by atoms with van der Waals surface area (Å²) in [6.45, 7) is 0.692. The Balaban J connectivity index is 1.45. The molecule has 2 aliphatic heterocycles. The highest BCUT2D eigenvalue weighted by atomic mass is 19.1. The number of benzene rings is 1. The third-order valence-corrected chi connectivity index (χ3v) is 5.38. The summed E-state index contributed by atoms with van der Waals surface area (Å²) in [5.41, 5.74) is 0.206. The van der Waals surface area contributed by atoms with Gasteiger partial charge in [0.05, 0.1) is 11.6 Å². The number of halogens is 1. The van der Waals surface area contributed by atoms with Crippen molar-refractivity contribution < 1.29 is 18.8 Å². The van der Waals surface area contributed by atoms with Gasteiger partial charge in [-0.05, 0) is 37.8 Å². The van der Waals surface area contributed by atoms with Crippen molar-refractivity contribution in [3.05, 3.63) is 30.1 Å². The topological polar surface area (TPSA) is 69.7 Å². The van der Waals surface area contributed by atoms with Gasteiger partial charge in [0.2, 0.25) is 17.7 Å². The quantitative estimate of drug-likeness (QED) is 0.885. The van der Waals surface area contributed by atoms with Crippen LogP contribution < -0.4 is 10.2 Å². The SMILES string of the molecule is O=C(NC1CC1)[C@H]1CCCN1C(=O)[C@@H]1CC(=O)N(c2ccccc2F)C1. The second-order valence-electron chi connectivity index (χ2n) is 7.33. The lowest BCUT2D eigenvalue weighted by atomic mass is 10.1. The minimum absolute atomic E-state index is 0.0562. The van der Waals surface area contributed by atoms with E-state index >= 15 is 0 Å². The summed E-state index contributed by atoms with van der Waals surface area (Å²) in [4.78, 5) is 40.6. The van der Waals surface area contributed by atoms with Crippen molar-refractivity contribution in [2.24, 2.45) is 5.92 Å². The van der Waals surface area contributed by atoms with E-state index < -0.39 is 17.8 Å². The zero-order chi connectivity index (χ0) is 18.3. The van der Waals surface area contributed by atoms with Gasteiger partial charge in [-0.3, -0.25) is 14.4 Å². The van der Waals surface area contributed by atoms with Crippen LogP contribution in [0.4, 0.5) is 10.1 Å². The molecule has 2 saturated heterocycles. The number of nitrogens with one attached hydrogen (secondary N) is 1. The average molecular weight is 359 g/mol. The lowest BCUT2D eigenvalue weighted by Gasteiger charge is -2.26. The number of carbonyl (C=O) groups is 3. The van der Waals surface area contributed by atoms with Crippen LogP contribution in [0, 0.1) is 11.7 Å². The second-order valence-corrected chi connectivity index (χ2v) is 7.33. The number of hydrogen-bond acceptors (Lipinski definition) is 3. The Bertz CT molecular complexity index is 749. The number of carbonyl (C=O) groups excluding carboxylic acids is 3.